The van der Waals surface area contributed by atoms with Gasteiger partial charge in [-0.2, -0.15) is 0 Å². The minimum absolute atomic E-state index is 0.198. The van der Waals surface area contributed by atoms with Gasteiger partial charge in [-0.05, 0) is 60.5 Å². The maximum Gasteiger partial charge on any atom is 0.573 e. The maximum absolute atomic E-state index is 13.1. The molecule has 5 rings (SSSR count). The molecule has 40 heavy (non-hydrogen) atoms. The number of hydrogen-bond donors (Lipinski definition) is 1. The van der Waals surface area contributed by atoms with E-state index in [0.29, 0.717) is 35.8 Å². The van der Waals surface area contributed by atoms with E-state index < -0.39 is 6.36 Å². The van der Waals surface area contributed by atoms with Gasteiger partial charge in [-0.15, -0.1) is 13.2 Å². The minimum atomic E-state index is -4.70. The van der Waals surface area contributed by atoms with E-state index in [9.17, 15) is 18.0 Å². The predicted octanol–water partition coefficient (Wildman–Crippen LogP) is 5.06. The molecule has 1 aliphatic heterocycles. The molecule has 2 aromatic carbocycles. The molecule has 1 amide bonds. The first-order valence-electron chi connectivity index (χ1n) is 13.0. The number of pyridine rings is 1. The van der Waals surface area contributed by atoms with E-state index >= 15 is 0 Å². The number of ether oxygens (including phenoxy) is 2. The lowest BCUT2D eigenvalue weighted by atomic mass is 10.1. The number of piperazine rings is 1. The van der Waals surface area contributed by atoms with Crippen LogP contribution >= 0.6 is 0 Å². The molecule has 0 bridgehead atoms. The molecule has 1 N–H and O–H groups in total. The maximum atomic E-state index is 13.1. The number of fused-ring (bicyclic) bond motifs is 1. The van der Waals surface area contributed by atoms with E-state index in [1.165, 1.54) is 12.1 Å². The Balaban J connectivity index is 1.16. The lowest BCUT2D eigenvalue weighted by Crippen LogP contribution is -2.46. The van der Waals surface area contributed by atoms with Crippen molar-refractivity contribution in [3.63, 3.8) is 0 Å². The van der Waals surface area contributed by atoms with Gasteiger partial charge in [0.1, 0.15) is 11.4 Å². The van der Waals surface area contributed by atoms with E-state index in [0.717, 1.165) is 43.1 Å². The van der Waals surface area contributed by atoms with Crippen molar-refractivity contribution in [2.75, 3.05) is 43.1 Å². The minimum Gasteiger partial charge on any atom is -0.493 e. The van der Waals surface area contributed by atoms with E-state index in [1.807, 2.05) is 49.5 Å². The summed E-state index contributed by atoms with van der Waals surface area (Å²) >= 11 is 0. The van der Waals surface area contributed by atoms with Crippen LogP contribution in [0.3, 0.4) is 0 Å². The number of carbonyl (C=O) groups is 1. The number of alkyl halides is 3. The molecule has 1 fully saturated rings. The number of nitrogens with one attached hydrogen (secondary N) is 1. The van der Waals surface area contributed by atoms with Crippen LogP contribution in [0.2, 0.25) is 0 Å². The van der Waals surface area contributed by atoms with Gasteiger partial charge in [0.25, 0.3) is 5.91 Å². The van der Waals surface area contributed by atoms with Crippen LogP contribution in [0.15, 0.2) is 66.9 Å². The van der Waals surface area contributed by atoms with Crippen LogP contribution in [0, 0.1) is 0 Å². The average molecular weight is 554 g/mol. The van der Waals surface area contributed by atoms with Crippen LogP contribution in [0.1, 0.15) is 28.7 Å². The van der Waals surface area contributed by atoms with Crippen molar-refractivity contribution in [2.24, 2.45) is 0 Å². The number of imidazole rings is 1. The Morgan fingerprint density at radius 3 is 2.10 bits per heavy atom. The molecule has 4 aromatic rings. The van der Waals surface area contributed by atoms with E-state index in [-0.39, 0.29) is 11.7 Å². The molecule has 3 heterocycles. The highest BCUT2D eigenvalue weighted by Crippen LogP contribution is 2.27. The van der Waals surface area contributed by atoms with Crippen LogP contribution in [0.25, 0.3) is 5.65 Å². The third kappa shape index (κ3) is 5.93. The molecular formula is C29H30F3N5O3. The highest BCUT2D eigenvalue weighted by atomic mass is 19.4. The Kier molecular flexibility index (Phi) is 7.72. The number of aromatic nitrogens is 2. The monoisotopic (exact) mass is 553 g/mol. The fourth-order valence-corrected chi connectivity index (χ4v) is 4.91. The van der Waals surface area contributed by atoms with Crippen LogP contribution in [0.5, 0.6) is 11.5 Å². The highest BCUT2D eigenvalue weighted by molar-refractivity contribution is 5.95. The molecule has 1 saturated heterocycles. The van der Waals surface area contributed by atoms with Gasteiger partial charge in [-0.1, -0.05) is 19.1 Å². The SMILES string of the molecule is CCc1nc2c(OC)cccn2c1C(=O)NCc1ccc(N2CCN(c3ccc(OC(F)(F)F)cc3)CC2)cc1. The van der Waals surface area contributed by atoms with Crippen molar-refractivity contribution in [3.05, 3.63) is 83.8 Å². The molecule has 0 unspecified atom stereocenters. The number of hydrogen-bond acceptors (Lipinski definition) is 6. The second-order valence-electron chi connectivity index (χ2n) is 9.40. The van der Waals surface area contributed by atoms with Gasteiger partial charge < -0.3 is 24.6 Å². The summed E-state index contributed by atoms with van der Waals surface area (Å²) in [7, 11) is 1.58. The van der Waals surface area contributed by atoms with Gasteiger partial charge in [0, 0.05) is 50.3 Å². The molecule has 210 valence electrons. The van der Waals surface area contributed by atoms with Crippen molar-refractivity contribution < 1.29 is 27.4 Å². The topological polar surface area (TPSA) is 71.3 Å². The summed E-state index contributed by atoms with van der Waals surface area (Å²) in [5.41, 5.74) is 4.74. The molecule has 0 spiro atoms. The molecule has 11 heteroatoms. The largest absolute Gasteiger partial charge is 0.573 e. The second-order valence-corrected chi connectivity index (χ2v) is 9.40. The first-order valence-corrected chi connectivity index (χ1v) is 13.0. The molecule has 0 radical (unpaired) electrons. The number of aryl methyl sites for hydroxylation is 1. The number of carbonyl (C=O) groups excluding carboxylic acids is 1. The first kappa shape index (κ1) is 27.2. The van der Waals surface area contributed by atoms with Crippen molar-refractivity contribution in [1.82, 2.24) is 14.7 Å². The Bertz CT molecular complexity index is 1460. The summed E-state index contributed by atoms with van der Waals surface area (Å²) < 4.78 is 48.3. The van der Waals surface area contributed by atoms with Gasteiger partial charge >= 0.3 is 6.36 Å². The number of methoxy groups -OCH3 is 1. The first-order chi connectivity index (χ1) is 19.3. The molecule has 1 aliphatic rings. The van der Waals surface area contributed by atoms with Crippen molar-refractivity contribution in [3.8, 4) is 11.5 Å². The van der Waals surface area contributed by atoms with Crippen molar-refractivity contribution in [1.29, 1.82) is 0 Å². The number of nitrogens with zero attached hydrogens (tertiary/aromatic N) is 4. The molecule has 0 aliphatic carbocycles. The number of rotatable bonds is 8. The van der Waals surface area contributed by atoms with E-state index in [1.54, 1.807) is 23.6 Å². The third-order valence-corrected chi connectivity index (χ3v) is 6.93. The third-order valence-electron chi connectivity index (χ3n) is 6.93. The molecule has 2 aromatic heterocycles. The van der Waals surface area contributed by atoms with Gasteiger partial charge in [0.15, 0.2) is 11.4 Å². The van der Waals surface area contributed by atoms with Crippen LogP contribution in [0.4, 0.5) is 24.5 Å². The quantitative estimate of drug-likeness (QED) is 0.329. The highest BCUT2D eigenvalue weighted by Gasteiger charge is 2.31. The lowest BCUT2D eigenvalue weighted by molar-refractivity contribution is -0.274. The van der Waals surface area contributed by atoms with Gasteiger partial charge in [0.2, 0.25) is 0 Å². The van der Waals surface area contributed by atoms with Gasteiger partial charge in [-0.3, -0.25) is 9.20 Å². The normalized spacial score (nSPS) is 13.9. The Morgan fingerprint density at radius 1 is 0.950 bits per heavy atom. The number of amides is 1. The van der Waals surface area contributed by atoms with Gasteiger partial charge in [0.05, 0.1) is 12.8 Å². The Hall–Kier alpha value is -4.41. The zero-order chi connectivity index (χ0) is 28.3. The predicted molar refractivity (Wildman–Crippen MR) is 146 cm³/mol. The smallest absolute Gasteiger partial charge is 0.493 e. The summed E-state index contributed by atoms with van der Waals surface area (Å²) in [4.78, 5) is 22.1. The zero-order valence-electron chi connectivity index (χ0n) is 22.2. The van der Waals surface area contributed by atoms with Crippen LogP contribution < -0.4 is 24.6 Å². The Labute approximate surface area is 229 Å². The van der Waals surface area contributed by atoms with Crippen LogP contribution in [-0.2, 0) is 13.0 Å². The second kappa shape index (κ2) is 11.4. The molecular weight excluding hydrogens is 523 g/mol. The molecule has 0 saturated carbocycles. The fraction of sp³-hybridized carbons (Fsp3) is 0.310. The standard InChI is InChI=1S/C29H30F3N5O3/c1-3-24-26(37-14-4-5-25(39-2)27(37)34-24)28(38)33-19-20-6-8-21(9-7-20)35-15-17-36(18-16-35)22-10-12-23(13-11-22)40-29(30,31)32/h4-14H,3,15-19H2,1-2H3,(H,33,38). The Morgan fingerprint density at radius 2 is 1.55 bits per heavy atom. The number of halogens is 3. The number of benzene rings is 2. The summed E-state index contributed by atoms with van der Waals surface area (Å²) in [6.45, 7) is 5.36. The summed E-state index contributed by atoms with van der Waals surface area (Å²) in [6, 6.07) is 17.7. The average Bonchev–Trinajstić information content (AvgIpc) is 3.35. The fourth-order valence-electron chi connectivity index (χ4n) is 4.91. The summed E-state index contributed by atoms with van der Waals surface area (Å²) in [5.74, 6) is 0.188. The zero-order valence-corrected chi connectivity index (χ0v) is 22.2. The molecule has 8 nitrogen and oxygen atoms in total. The molecule has 0 atom stereocenters. The van der Waals surface area contributed by atoms with Crippen LogP contribution in [-0.4, -0.2) is 54.9 Å². The lowest BCUT2D eigenvalue weighted by Gasteiger charge is -2.37. The summed E-state index contributed by atoms with van der Waals surface area (Å²) in [5, 5.41) is 3.01. The summed E-state index contributed by atoms with van der Waals surface area (Å²) in [6.07, 6.45) is -2.27. The number of anilines is 2. The van der Waals surface area contributed by atoms with E-state index in [4.69, 9.17) is 4.74 Å². The van der Waals surface area contributed by atoms with Gasteiger partial charge in [-0.25, -0.2) is 4.98 Å². The van der Waals surface area contributed by atoms with Crippen molar-refractivity contribution >= 4 is 22.9 Å². The van der Waals surface area contributed by atoms with Crippen molar-refractivity contribution in [2.45, 2.75) is 26.3 Å². The van der Waals surface area contributed by atoms with E-state index in [2.05, 4.69) is 24.8 Å².